The van der Waals surface area contributed by atoms with E-state index < -0.39 is 0 Å². The number of amides is 1. The Morgan fingerprint density at radius 2 is 1.90 bits per heavy atom. The van der Waals surface area contributed by atoms with Crippen LogP contribution < -0.4 is 10.6 Å². The Balaban J connectivity index is 1.80. The Morgan fingerprint density at radius 1 is 1.25 bits per heavy atom. The fourth-order valence-corrected chi connectivity index (χ4v) is 2.53. The molecule has 110 valence electrons. The molecule has 1 aromatic rings. The molecule has 0 spiro atoms. The van der Waals surface area contributed by atoms with Crippen molar-refractivity contribution in [3.05, 3.63) is 29.8 Å². The average Bonchev–Trinajstić information content (AvgIpc) is 2.47. The van der Waals surface area contributed by atoms with Crippen molar-refractivity contribution in [2.24, 2.45) is 5.92 Å². The van der Waals surface area contributed by atoms with Crippen LogP contribution in [0.5, 0.6) is 0 Å². The number of carbonyl (C=O) groups is 1. The maximum absolute atomic E-state index is 11.7. The Morgan fingerprint density at radius 3 is 2.50 bits per heavy atom. The Hall–Kier alpha value is -1.55. The Kier molecular flexibility index (Phi) is 5.41. The molecule has 0 unspecified atom stereocenters. The van der Waals surface area contributed by atoms with Gasteiger partial charge in [-0.1, -0.05) is 0 Å². The van der Waals surface area contributed by atoms with Crippen LogP contribution in [-0.4, -0.2) is 44.0 Å². The summed E-state index contributed by atoms with van der Waals surface area (Å²) in [6.07, 6.45) is 2.53. The number of rotatable bonds is 5. The van der Waals surface area contributed by atoms with Gasteiger partial charge in [-0.2, -0.15) is 0 Å². The number of likely N-dealkylation sites (tertiary alicyclic amines) is 1. The number of nitrogens with zero attached hydrogens (tertiary/aromatic N) is 1. The summed E-state index contributed by atoms with van der Waals surface area (Å²) >= 11 is 0. The molecule has 20 heavy (non-hydrogen) atoms. The molecule has 0 radical (unpaired) electrons. The number of carbonyl (C=O) groups excluding carboxylic acids is 1. The highest BCUT2D eigenvalue weighted by atomic mass is 16.1. The molecule has 0 bridgehead atoms. The minimum absolute atomic E-state index is 0.00522. The van der Waals surface area contributed by atoms with Gasteiger partial charge in [-0.3, -0.25) is 4.79 Å². The third-order valence-corrected chi connectivity index (χ3v) is 3.92. The number of benzene rings is 1. The van der Waals surface area contributed by atoms with Gasteiger partial charge in [0.05, 0.1) is 0 Å². The van der Waals surface area contributed by atoms with Gasteiger partial charge in [0, 0.05) is 24.3 Å². The smallest absolute Gasteiger partial charge is 0.251 e. The molecular weight excluding hydrogens is 250 g/mol. The second-order valence-electron chi connectivity index (χ2n) is 5.56. The second kappa shape index (κ2) is 7.29. The van der Waals surface area contributed by atoms with Gasteiger partial charge in [0.1, 0.15) is 0 Å². The van der Waals surface area contributed by atoms with Crippen molar-refractivity contribution in [1.29, 1.82) is 0 Å². The Labute approximate surface area is 121 Å². The molecule has 1 amide bonds. The van der Waals surface area contributed by atoms with Crippen molar-refractivity contribution in [1.82, 2.24) is 10.2 Å². The first kappa shape index (κ1) is 14.9. The minimum Gasteiger partial charge on any atom is -0.385 e. The zero-order valence-corrected chi connectivity index (χ0v) is 12.5. The number of piperidine rings is 1. The molecule has 2 N–H and O–H groups in total. The first-order valence-corrected chi connectivity index (χ1v) is 7.49. The summed E-state index contributed by atoms with van der Waals surface area (Å²) in [6, 6.07) is 7.73. The monoisotopic (exact) mass is 275 g/mol. The lowest BCUT2D eigenvalue weighted by atomic mass is 9.97. The van der Waals surface area contributed by atoms with Crippen molar-refractivity contribution in [2.75, 3.05) is 38.5 Å². The molecule has 0 aromatic heterocycles. The molecular formula is C16H25N3O. The zero-order chi connectivity index (χ0) is 14.4. The second-order valence-corrected chi connectivity index (χ2v) is 5.56. The van der Waals surface area contributed by atoms with Gasteiger partial charge < -0.3 is 15.5 Å². The van der Waals surface area contributed by atoms with E-state index in [1.54, 1.807) is 0 Å². The van der Waals surface area contributed by atoms with Crippen LogP contribution in [0.25, 0.3) is 0 Å². The van der Waals surface area contributed by atoms with E-state index in [0.29, 0.717) is 6.54 Å². The summed E-state index contributed by atoms with van der Waals surface area (Å²) in [6.45, 7) is 6.00. The van der Waals surface area contributed by atoms with Crippen LogP contribution in [0.1, 0.15) is 30.1 Å². The summed E-state index contributed by atoms with van der Waals surface area (Å²) in [4.78, 5) is 14.0. The summed E-state index contributed by atoms with van der Waals surface area (Å²) in [7, 11) is 2.18. The molecule has 1 saturated heterocycles. The fourth-order valence-electron chi connectivity index (χ4n) is 2.53. The predicted molar refractivity (Wildman–Crippen MR) is 83.2 cm³/mol. The third kappa shape index (κ3) is 4.23. The topological polar surface area (TPSA) is 44.4 Å². The van der Waals surface area contributed by atoms with Crippen LogP contribution >= 0.6 is 0 Å². The van der Waals surface area contributed by atoms with Crippen LogP contribution in [0, 0.1) is 5.92 Å². The van der Waals surface area contributed by atoms with Gasteiger partial charge in [0.2, 0.25) is 0 Å². The van der Waals surface area contributed by atoms with E-state index in [4.69, 9.17) is 0 Å². The number of anilines is 1. The van der Waals surface area contributed by atoms with Crippen LogP contribution in [0.2, 0.25) is 0 Å². The van der Waals surface area contributed by atoms with Crippen LogP contribution in [0.3, 0.4) is 0 Å². The van der Waals surface area contributed by atoms with E-state index in [-0.39, 0.29) is 5.91 Å². The fraction of sp³-hybridized carbons (Fsp3) is 0.562. The summed E-state index contributed by atoms with van der Waals surface area (Å²) < 4.78 is 0. The van der Waals surface area contributed by atoms with Gasteiger partial charge in [-0.25, -0.2) is 0 Å². The summed E-state index contributed by atoms with van der Waals surface area (Å²) in [5, 5.41) is 6.28. The van der Waals surface area contributed by atoms with E-state index in [1.165, 1.54) is 25.9 Å². The number of nitrogens with one attached hydrogen (secondary N) is 2. The van der Waals surface area contributed by atoms with Gasteiger partial charge in [-0.15, -0.1) is 0 Å². The molecule has 1 aliphatic rings. The van der Waals surface area contributed by atoms with E-state index in [2.05, 4.69) is 22.6 Å². The van der Waals surface area contributed by atoms with Crippen LogP contribution in [0.4, 0.5) is 5.69 Å². The first-order chi connectivity index (χ1) is 9.69. The largest absolute Gasteiger partial charge is 0.385 e. The van der Waals surface area contributed by atoms with Gasteiger partial charge >= 0.3 is 0 Å². The highest BCUT2D eigenvalue weighted by Crippen LogP contribution is 2.17. The van der Waals surface area contributed by atoms with E-state index in [0.717, 1.165) is 23.7 Å². The van der Waals surface area contributed by atoms with Crippen molar-refractivity contribution in [3.63, 3.8) is 0 Å². The first-order valence-electron chi connectivity index (χ1n) is 7.49. The lowest BCUT2D eigenvalue weighted by Gasteiger charge is -2.29. The molecule has 0 aliphatic carbocycles. The summed E-state index contributed by atoms with van der Waals surface area (Å²) in [5.74, 6) is 0.753. The van der Waals surface area contributed by atoms with Crippen molar-refractivity contribution in [3.8, 4) is 0 Å². The van der Waals surface area contributed by atoms with Gasteiger partial charge in [0.25, 0.3) is 5.91 Å². The quantitative estimate of drug-likeness (QED) is 0.866. The minimum atomic E-state index is -0.00522. The lowest BCUT2D eigenvalue weighted by molar-refractivity contribution is 0.0956. The van der Waals surface area contributed by atoms with Gasteiger partial charge in [0.15, 0.2) is 0 Å². The standard InChI is InChI=1S/C16H25N3O/c1-3-17-16(20)14-4-6-15(7-5-14)18-12-13-8-10-19(2)11-9-13/h4-7,13,18H,3,8-12H2,1-2H3,(H,17,20). The molecule has 1 fully saturated rings. The number of hydrogen-bond donors (Lipinski definition) is 2. The van der Waals surface area contributed by atoms with Crippen molar-refractivity contribution in [2.45, 2.75) is 19.8 Å². The molecule has 0 saturated carbocycles. The summed E-state index contributed by atoms with van der Waals surface area (Å²) in [5.41, 5.74) is 1.81. The molecule has 4 nitrogen and oxygen atoms in total. The average molecular weight is 275 g/mol. The molecule has 4 heteroatoms. The molecule has 0 atom stereocenters. The van der Waals surface area contributed by atoms with E-state index in [9.17, 15) is 4.79 Å². The zero-order valence-electron chi connectivity index (χ0n) is 12.5. The third-order valence-electron chi connectivity index (χ3n) is 3.92. The molecule has 1 aromatic carbocycles. The van der Waals surface area contributed by atoms with E-state index >= 15 is 0 Å². The van der Waals surface area contributed by atoms with Crippen molar-refractivity contribution < 1.29 is 4.79 Å². The van der Waals surface area contributed by atoms with E-state index in [1.807, 2.05) is 31.2 Å². The maximum atomic E-state index is 11.7. The highest BCUT2D eigenvalue weighted by Gasteiger charge is 2.16. The van der Waals surface area contributed by atoms with Gasteiger partial charge in [-0.05, 0) is 70.1 Å². The molecule has 2 rings (SSSR count). The van der Waals surface area contributed by atoms with Crippen LogP contribution in [-0.2, 0) is 0 Å². The molecule has 1 aliphatic heterocycles. The lowest BCUT2D eigenvalue weighted by Crippen LogP contribution is -2.32. The molecule has 1 heterocycles. The number of hydrogen-bond acceptors (Lipinski definition) is 3. The maximum Gasteiger partial charge on any atom is 0.251 e. The SMILES string of the molecule is CCNC(=O)c1ccc(NCC2CCN(C)CC2)cc1. The van der Waals surface area contributed by atoms with Crippen LogP contribution in [0.15, 0.2) is 24.3 Å². The highest BCUT2D eigenvalue weighted by molar-refractivity contribution is 5.94. The normalized spacial score (nSPS) is 16.9. The Bertz CT molecular complexity index is 422. The predicted octanol–water partition coefficient (Wildman–Crippen LogP) is 2.19. The van der Waals surface area contributed by atoms with Crippen molar-refractivity contribution >= 4 is 11.6 Å².